The van der Waals surface area contributed by atoms with Crippen LogP contribution in [0.2, 0.25) is 0 Å². The van der Waals surface area contributed by atoms with Crippen LogP contribution in [0.5, 0.6) is 0 Å². The maximum Gasteiger partial charge on any atom is 0.0713 e. The molecule has 0 amide bonds. The van der Waals surface area contributed by atoms with E-state index in [1.165, 1.54) is 114 Å². The van der Waals surface area contributed by atoms with E-state index in [1.807, 2.05) is 0 Å². The number of rotatable bonds is 3. The van der Waals surface area contributed by atoms with Crippen molar-refractivity contribution >= 4 is 10.8 Å². The topological polar surface area (TPSA) is 0 Å². The Morgan fingerprint density at radius 2 is 1.12 bits per heavy atom. The van der Waals surface area contributed by atoms with E-state index in [2.05, 4.69) is 123 Å². The zero-order valence-electron chi connectivity index (χ0n) is 23.7. The van der Waals surface area contributed by atoms with Crippen LogP contribution in [0.4, 0.5) is 0 Å². The van der Waals surface area contributed by atoms with E-state index in [1.54, 1.807) is 0 Å². The van der Waals surface area contributed by atoms with Crippen molar-refractivity contribution in [1.29, 1.82) is 0 Å². The Morgan fingerprint density at radius 3 is 1.78 bits per heavy atom. The van der Waals surface area contributed by atoms with Gasteiger partial charge in [-0.2, -0.15) is 0 Å². The lowest BCUT2D eigenvalue weighted by Gasteiger charge is -2.37. The van der Waals surface area contributed by atoms with Crippen LogP contribution in [0.25, 0.3) is 33.0 Å². The third kappa shape index (κ3) is 3.17. The van der Waals surface area contributed by atoms with E-state index >= 15 is 0 Å². The van der Waals surface area contributed by atoms with Crippen LogP contribution in [-0.2, 0) is 31.1 Å². The number of hydrogen-bond donors (Lipinski definition) is 0. The van der Waals surface area contributed by atoms with Crippen LogP contribution in [0.3, 0.4) is 0 Å². The average Bonchev–Trinajstić information content (AvgIpc) is 3.22. The molecule has 3 aliphatic rings. The lowest BCUT2D eigenvalue weighted by Crippen LogP contribution is -2.30. The molecule has 0 aromatic heterocycles. The summed E-state index contributed by atoms with van der Waals surface area (Å²) in [5, 5.41) is 2.58. The number of fused-ring (bicyclic) bond motifs is 6. The van der Waals surface area contributed by atoms with Gasteiger partial charge in [0.25, 0.3) is 0 Å². The number of aryl methyl sites for hydroxylation is 6. The summed E-state index contributed by atoms with van der Waals surface area (Å²) in [4.78, 5) is 0. The van der Waals surface area contributed by atoms with E-state index in [0.717, 1.165) is 0 Å². The third-order valence-corrected chi connectivity index (χ3v) is 10.3. The van der Waals surface area contributed by atoms with Gasteiger partial charge in [0.1, 0.15) is 0 Å². The minimum atomic E-state index is -0.321. The quantitative estimate of drug-likeness (QED) is 0.216. The van der Waals surface area contributed by atoms with Crippen LogP contribution in [0, 0.1) is 13.8 Å². The van der Waals surface area contributed by atoms with Crippen molar-refractivity contribution < 1.29 is 0 Å². The van der Waals surface area contributed by atoms with E-state index < -0.39 is 0 Å². The minimum Gasteiger partial charge on any atom is -0.0616 e. The molecule has 0 fully saturated rings. The molecule has 0 unspecified atom stereocenters. The number of benzene rings is 6. The van der Waals surface area contributed by atoms with Crippen LogP contribution in [0.15, 0.2) is 109 Å². The van der Waals surface area contributed by atoms with E-state index in [4.69, 9.17) is 0 Å². The molecule has 0 heterocycles. The molecule has 6 aromatic carbocycles. The molecule has 6 aromatic rings. The first kappa shape index (κ1) is 23.3. The van der Waals surface area contributed by atoms with Crippen LogP contribution >= 0.6 is 0 Å². The average molecular weight is 525 g/mol. The molecule has 3 aliphatic carbocycles. The van der Waals surface area contributed by atoms with E-state index in [9.17, 15) is 0 Å². The van der Waals surface area contributed by atoms with Crippen molar-refractivity contribution in [2.45, 2.75) is 44.9 Å². The maximum absolute atomic E-state index is 2.53. The highest BCUT2D eigenvalue weighted by Crippen LogP contribution is 2.58. The van der Waals surface area contributed by atoms with Gasteiger partial charge in [0, 0.05) is 0 Å². The summed E-state index contributed by atoms with van der Waals surface area (Å²) in [5.41, 5.74) is 19.5. The van der Waals surface area contributed by atoms with Crippen molar-refractivity contribution in [3.05, 3.63) is 165 Å². The Balaban J connectivity index is 1.36. The highest BCUT2D eigenvalue weighted by Gasteiger charge is 2.47. The van der Waals surface area contributed by atoms with Crippen LogP contribution < -0.4 is 0 Å². The summed E-state index contributed by atoms with van der Waals surface area (Å²) in [5.74, 6) is 0. The number of hydrogen-bond acceptors (Lipinski definition) is 0. The highest BCUT2D eigenvalue weighted by molar-refractivity contribution is 5.92. The summed E-state index contributed by atoms with van der Waals surface area (Å²) >= 11 is 0. The van der Waals surface area contributed by atoms with Crippen LogP contribution in [0.1, 0.15) is 55.6 Å². The lowest BCUT2D eigenvalue weighted by atomic mass is 9.65. The second-order valence-corrected chi connectivity index (χ2v) is 12.5. The zero-order valence-corrected chi connectivity index (χ0v) is 23.7. The molecule has 9 rings (SSSR count). The summed E-state index contributed by atoms with van der Waals surface area (Å²) in [6, 6.07) is 42.5. The van der Waals surface area contributed by atoms with Gasteiger partial charge in [0.2, 0.25) is 0 Å². The van der Waals surface area contributed by atoms with Crippen molar-refractivity contribution in [2.24, 2.45) is 0 Å². The monoisotopic (exact) mass is 524 g/mol. The molecular weight excluding hydrogens is 492 g/mol. The smallest absolute Gasteiger partial charge is 0.0616 e. The second kappa shape index (κ2) is 8.30. The summed E-state index contributed by atoms with van der Waals surface area (Å²) in [6.07, 6.45) is 4.80. The van der Waals surface area contributed by atoms with Gasteiger partial charge in [-0.25, -0.2) is 0 Å². The summed E-state index contributed by atoms with van der Waals surface area (Å²) < 4.78 is 0. The van der Waals surface area contributed by atoms with Gasteiger partial charge in [-0.3, -0.25) is 0 Å². The molecule has 41 heavy (non-hydrogen) atoms. The zero-order chi connectivity index (χ0) is 27.3. The van der Waals surface area contributed by atoms with Crippen LogP contribution in [-0.4, -0.2) is 0 Å². The highest BCUT2D eigenvalue weighted by atomic mass is 14.5. The Kier molecular flexibility index (Phi) is 4.72. The van der Waals surface area contributed by atoms with Gasteiger partial charge < -0.3 is 0 Å². The predicted octanol–water partition coefficient (Wildman–Crippen LogP) is 9.68. The van der Waals surface area contributed by atoms with Gasteiger partial charge in [-0.15, -0.1) is 0 Å². The lowest BCUT2D eigenvalue weighted by molar-refractivity contribution is 0.739. The molecule has 0 atom stereocenters. The molecule has 0 saturated carbocycles. The van der Waals surface area contributed by atoms with Gasteiger partial charge in [0.15, 0.2) is 0 Å². The van der Waals surface area contributed by atoms with Gasteiger partial charge in [0.05, 0.1) is 5.41 Å². The van der Waals surface area contributed by atoms with E-state index in [-0.39, 0.29) is 5.41 Å². The van der Waals surface area contributed by atoms with Crippen molar-refractivity contribution in [1.82, 2.24) is 0 Å². The van der Waals surface area contributed by atoms with Gasteiger partial charge in [-0.1, -0.05) is 103 Å². The Bertz CT molecular complexity index is 2020. The molecule has 0 radical (unpaired) electrons. The Hall–Kier alpha value is -4.42. The molecule has 0 saturated heterocycles. The standard InChI is InChI=1S/C41H32/c1-25-7-18-36-38-24-37(33-13-10-27-5-3-4-6-30(27)21-33)26(2)20-40(38)41(39(36)19-25,34-16-14-28-8-11-31(28)22-34)35-17-15-29-9-12-32(29)23-35/h3-7,10,13-24H,8-9,11-12H2,1-2H3. The maximum atomic E-state index is 2.53. The van der Waals surface area contributed by atoms with E-state index in [0.29, 0.717) is 0 Å². The first-order valence-corrected chi connectivity index (χ1v) is 15.1. The molecular formula is C41H32. The Labute approximate surface area is 242 Å². The Morgan fingerprint density at radius 1 is 0.463 bits per heavy atom. The summed E-state index contributed by atoms with van der Waals surface area (Å²) in [6.45, 7) is 4.55. The molecule has 0 spiro atoms. The van der Waals surface area contributed by atoms with Crippen molar-refractivity contribution in [3.8, 4) is 22.3 Å². The largest absolute Gasteiger partial charge is 0.0713 e. The molecule has 0 aliphatic heterocycles. The van der Waals surface area contributed by atoms with Gasteiger partial charge >= 0.3 is 0 Å². The fourth-order valence-corrected chi connectivity index (χ4v) is 7.90. The molecule has 0 heteroatoms. The third-order valence-electron chi connectivity index (χ3n) is 10.3. The molecule has 0 bridgehead atoms. The van der Waals surface area contributed by atoms with Gasteiger partial charge in [-0.05, 0) is 135 Å². The first-order valence-electron chi connectivity index (χ1n) is 15.1. The summed E-state index contributed by atoms with van der Waals surface area (Å²) in [7, 11) is 0. The molecule has 0 N–H and O–H groups in total. The molecule has 0 nitrogen and oxygen atoms in total. The fraction of sp³-hybridized carbons (Fsp3) is 0.171. The fourth-order valence-electron chi connectivity index (χ4n) is 7.90. The van der Waals surface area contributed by atoms with Crippen molar-refractivity contribution in [3.63, 3.8) is 0 Å². The normalized spacial score (nSPS) is 15.4. The molecule has 196 valence electrons. The SMILES string of the molecule is Cc1ccc2c(c1)C(c1ccc3c(c1)CC3)(c1ccc3c(c1)CC3)c1cc(C)c(-c3ccc4ccccc4c3)cc1-2. The first-order chi connectivity index (χ1) is 20.1. The minimum absolute atomic E-state index is 0.321. The predicted molar refractivity (Wildman–Crippen MR) is 171 cm³/mol. The van der Waals surface area contributed by atoms with Crippen molar-refractivity contribution in [2.75, 3.05) is 0 Å². The second-order valence-electron chi connectivity index (χ2n) is 12.5.